The van der Waals surface area contributed by atoms with E-state index in [-0.39, 0.29) is 6.61 Å². The number of nitrogens with zero attached hydrogens (tertiary/aromatic N) is 2. The molecular formula is C13H14N2O5. The minimum absolute atomic E-state index is 0.0774. The molecular weight excluding hydrogens is 264 g/mol. The maximum absolute atomic E-state index is 10.9. The van der Waals surface area contributed by atoms with Gasteiger partial charge in [-0.25, -0.2) is 0 Å². The molecule has 106 valence electrons. The van der Waals surface area contributed by atoms with E-state index in [0.717, 1.165) is 0 Å². The Morgan fingerprint density at radius 1 is 1.20 bits per heavy atom. The predicted molar refractivity (Wildman–Crippen MR) is 68.3 cm³/mol. The summed E-state index contributed by atoms with van der Waals surface area (Å²) in [5, 5.41) is 7.53. The van der Waals surface area contributed by atoms with Crippen LogP contribution < -0.4 is 14.2 Å². The zero-order chi connectivity index (χ0) is 14.5. The van der Waals surface area contributed by atoms with Crippen LogP contribution in [-0.2, 0) is 6.61 Å². The molecule has 2 rings (SSSR count). The first-order valence-corrected chi connectivity index (χ1v) is 5.81. The number of benzene rings is 1. The molecule has 0 radical (unpaired) electrons. The van der Waals surface area contributed by atoms with Gasteiger partial charge in [-0.2, -0.15) is 0 Å². The lowest BCUT2D eigenvalue weighted by atomic mass is 10.2. The van der Waals surface area contributed by atoms with E-state index in [4.69, 9.17) is 18.6 Å². The highest BCUT2D eigenvalue weighted by Gasteiger charge is 2.15. The highest BCUT2D eigenvalue weighted by atomic mass is 16.5. The molecule has 0 N–H and O–H groups in total. The SMILES string of the molecule is COc1cc(C=O)cc(OC)c1OCc1nnc(C)o1. The second kappa shape index (κ2) is 6.05. The number of aromatic nitrogens is 2. The van der Waals surface area contributed by atoms with Crippen LogP contribution in [0.1, 0.15) is 22.1 Å². The maximum atomic E-state index is 10.9. The van der Waals surface area contributed by atoms with Crippen LogP contribution in [0.25, 0.3) is 0 Å². The molecule has 7 heteroatoms. The third kappa shape index (κ3) is 2.87. The molecule has 0 aliphatic carbocycles. The van der Waals surface area contributed by atoms with Gasteiger partial charge >= 0.3 is 0 Å². The van der Waals surface area contributed by atoms with Gasteiger partial charge in [0.2, 0.25) is 11.6 Å². The third-order valence-corrected chi connectivity index (χ3v) is 2.53. The standard InChI is InChI=1S/C13H14N2O5/c1-8-14-15-12(20-8)7-19-13-10(17-2)4-9(6-16)5-11(13)18-3/h4-6H,7H2,1-3H3. The van der Waals surface area contributed by atoms with Crippen LogP contribution in [0.4, 0.5) is 0 Å². The van der Waals surface area contributed by atoms with E-state index in [9.17, 15) is 4.79 Å². The number of hydrogen-bond acceptors (Lipinski definition) is 7. The van der Waals surface area contributed by atoms with Gasteiger partial charge in [-0.1, -0.05) is 0 Å². The lowest BCUT2D eigenvalue weighted by Crippen LogP contribution is -2.01. The van der Waals surface area contributed by atoms with Crippen molar-refractivity contribution >= 4 is 6.29 Å². The van der Waals surface area contributed by atoms with E-state index in [1.54, 1.807) is 19.1 Å². The highest BCUT2D eigenvalue weighted by Crippen LogP contribution is 2.38. The Kier molecular flexibility index (Phi) is 4.19. The molecule has 0 spiro atoms. The van der Waals surface area contributed by atoms with E-state index in [2.05, 4.69) is 10.2 Å². The summed E-state index contributed by atoms with van der Waals surface area (Å²) < 4.78 is 21.2. The van der Waals surface area contributed by atoms with Crippen LogP contribution in [0.2, 0.25) is 0 Å². The number of aldehydes is 1. The molecule has 0 bridgehead atoms. The molecule has 1 heterocycles. The van der Waals surface area contributed by atoms with Crippen LogP contribution in [-0.4, -0.2) is 30.7 Å². The molecule has 0 unspecified atom stereocenters. The Balaban J connectivity index is 2.27. The molecule has 7 nitrogen and oxygen atoms in total. The summed E-state index contributed by atoms with van der Waals surface area (Å²) >= 11 is 0. The highest BCUT2D eigenvalue weighted by molar-refractivity contribution is 5.78. The van der Waals surface area contributed by atoms with E-state index < -0.39 is 0 Å². The number of ether oxygens (including phenoxy) is 3. The molecule has 1 aromatic heterocycles. The quantitative estimate of drug-likeness (QED) is 0.745. The van der Waals surface area contributed by atoms with Gasteiger partial charge in [0.1, 0.15) is 6.29 Å². The molecule has 0 saturated heterocycles. The molecule has 0 aliphatic heterocycles. The largest absolute Gasteiger partial charge is 0.493 e. The van der Waals surface area contributed by atoms with Crippen LogP contribution in [0.3, 0.4) is 0 Å². The van der Waals surface area contributed by atoms with E-state index in [0.29, 0.717) is 40.9 Å². The van der Waals surface area contributed by atoms with Gasteiger partial charge in [-0.15, -0.1) is 10.2 Å². The molecule has 2 aromatic rings. The lowest BCUT2D eigenvalue weighted by Gasteiger charge is -2.13. The van der Waals surface area contributed by atoms with Gasteiger partial charge in [0.25, 0.3) is 5.89 Å². The van der Waals surface area contributed by atoms with E-state index >= 15 is 0 Å². The molecule has 20 heavy (non-hydrogen) atoms. The molecule has 0 aliphatic rings. The van der Waals surface area contributed by atoms with Gasteiger partial charge in [-0.3, -0.25) is 4.79 Å². The Morgan fingerprint density at radius 3 is 2.30 bits per heavy atom. The number of rotatable bonds is 6. The molecule has 0 saturated carbocycles. The Bertz CT molecular complexity index is 584. The van der Waals surface area contributed by atoms with Crippen molar-refractivity contribution in [2.24, 2.45) is 0 Å². The number of methoxy groups -OCH3 is 2. The van der Waals surface area contributed by atoms with Crippen molar-refractivity contribution in [1.82, 2.24) is 10.2 Å². The summed E-state index contributed by atoms with van der Waals surface area (Å²) in [5.41, 5.74) is 0.430. The first-order chi connectivity index (χ1) is 9.67. The summed E-state index contributed by atoms with van der Waals surface area (Å²) in [5.74, 6) is 1.95. The molecule has 0 atom stereocenters. The fourth-order valence-corrected chi connectivity index (χ4v) is 1.64. The van der Waals surface area contributed by atoms with Crippen LogP contribution in [0, 0.1) is 6.92 Å². The van der Waals surface area contributed by atoms with Crippen molar-refractivity contribution in [2.45, 2.75) is 13.5 Å². The number of carbonyl (C=O) groups excluding carboxylic acids is 1. The van der Waals surface area contributed by atoms with Gasteiger partial charge < -0.3 is 18.6 Å². The third-order valence-electron chi connectivity index (χ3n) is 2.53. The topological polar surface area (TPSA) is 83.7 Å². The summed E-state index contributed by atoms with van der Waals surface area (Å²) in [6.07, 6.45) is 0.705. The van der Waals surface area contributed by atoms with Crippen molar-refractivity contribution in [3.05, 3.63) is 29.5 Å². The number of aryl methyl sites for hydroxylation is 1. The maximum Gasteiger partial charge on any atom is 0.253 e. The first kappa shape index (κ1) is 13.9. The van der Waals surface area contributed by atoms with Gasteiger partial charge in [0.05, 0.1) is 14.2 Å². The Hall–Kier alpha value is -2.57. The van der Waals surface area contributed by atoms with Gasteiger partial charge in [0.15, 0.2) is 18.1 Å². The number of hydrogen-bond donors (Lipinski definition) is 0. The monoisotopic (exact) mass is 278 g/mol. The van der Waals surface area contributed by atoms with Gasteiger partial charge in [0, 0.05) is 12.5 Å². The van der Waals surface area contributed by atoms with Crippen molar-refractivity contribution < 1.29 is 23.4 Å². The fourth-order valence-electron chi connectivity index (χ4n) is 1.64. The smallest absolute Gasteiger partial charge is 0.253 e. The molecule has 1 aromatic carbocycles. The first-order valence-electron chi connectivity index (χ1n) is 5.81. The average molecular weight is 278 g/mol. The van der Waals surface area contributed by atoms with Crippen LogP contribution in [0.5, 0.6) is 17.2 Å². The fraction of sp³-hybridized carbons (Fsp3) is 0.308. The van der Waals surface area contributed by atoms with E-state index in [1.165, 1.54) is 14.2 Å². The van der Waals surface area contributed by atoms with Gasteiger partial charge in [-0.05, 0) is 12.1 Å². The summed E-state index contributed by atoms with van der Waals surface area (Å²) in [6.45, 7) is 1.77. The molecule has 0 amide bonds. The normalized spacial score (nSPS) is 10.2. The lowest BCUT2D eigenvalue weighted by molar-refractivity contribution is 0.112. The minimum atomic E-state index is 0.0774. The van der Waals surface area contributed by atoms with Crippen molar-refractivity contribution in [1.29, 1.82) is 0 Å². The minimum Gasteiger partial charge on any atom is -0.493 e. The second-order valence-electron chi connectivity index (χ2n) is 3.88. The summed E-state index contributed by atoms with van der Waals surface area (Å²) in [4.78, 5) is 10.9. The van der Waals surface area contributed by atoms with Crippen LogP contribution >= 0.6 is 0 Å². The zero-order valence-corrected chi connectivity index (χ0v) is 11.4. The number of carbonyl (C=O) groups is 1. The Morgan fingerprint density at radius 2 is 1.85 bits per heavy atom. The second-order valence-corrected chi connectivity index (χ2v) is 3.88. The van der Waals surface area contributed by atoms with Crippen LogP contribution in [0.15, 0.2) is 16.5 Å². The zero-order valence-electron chi connectivity index (χ0n) is 11.4. The average Bonchev–Trinajstić information content (AvgIpc) is 2.89. The van der Waals surface area contributed by atoms with Crippen molar-refractivity contribution in [2.75, 3.05) is 14.2 Å². The van der Waals surface area contributed by atoms with Crippen molar-refractivity contribution in [3.63, 3.8) is 0 Å². The molecule has 0 fully saturated rings. The van der Waals surface area contributed by atoms with E-state index in [1.807, 2.05) is 0 Å². The summed E-state index contributed by atoms with van der Waals surface area (Å²) in [7, 11) is 2.96. The predicted octanol–water partition coefficient (Wildman–Crippen LogP) is 1.79. The Labute approximate surface area is 115 Å². The summed E-state index contributed by atoms with van der Waals surface area (Å²) in [6, 6.07) is 3.12. The van der Waals surface area contributed by atoms with Crippen molar-refractivity contribution in [3.8, 4) is 17.2 Å².